The van der Waals surface area contributed by atoms with Crippen LogP contribution in [0.3, 0.4) is 0 Å². The molecule has 0 saturated heterocycles. The quantitative estimate of drug-likeness (QED) is 0.769. The van der Waals surface area contributed by atoms with E-state index in [1.165, 1.54) is 11.3 Å². The summed E-state index contributed by atoms with van der Waals surface area (Å²) in [5, 5.41) is 9.29. The van der Waals surface area contributed by atoms with E-state index < -0.39 is 0 Å². The summed E-state index contributed by atoms with van der Waals surface area (Å²) in [5.41, 5.74) is 2.68. The summed E-state index contributed by atoms with van der Waals surface area (Å²) in [6.07, 6.45) is 1.85. The zero-order valence-electron chi connectivity index (χ0n) is 14.2. The van der Waals surface area contributed by atoms with Gasteiger partial charge in [0.2, 0.25) is 0 Å². The number of aliphatic hydroxyl groups excluding tert-OH is 1. The molecule has 24 heavy (non-hydrogen) atoms. The Morgan fingerprint density at radius 2 is 2.08 bits per heavy atom. The van der Waals surface area contributed by atoms with E-state index in [1.807, 2.05) is 35.8 Å². The van der Waals surface area contributed by atoms with Crippen LogP contribution < -0.4 is 0 Å². The van der Waals surface area contributed by atoms with Gasteiger partial charge < -0.3 is 10.0 Å². The number of halogens is 1. The lowest BCUT2D eigenvalue weighted by molar-refractivity contribution is 0.0750. The summed E-state index contributed by atoms with van der Waals surface area (Å²) >= 11 is 1.40. The third-order valence-corrected chi connectivity index (χ3v) is 4.59. The minimum absolute atomic E-state index is 0. The Kier molecular flexibility index (Phi) is 5.22. The average Bonchev–Trinajstić information content (AvgIpc) is 3.01. The van der Waals surface area contributed by atoms with Crippen LogP contribution in [0.2, 0.25) is 0 Å². The second-order valence-corrected chi connectivity index (χ2v) is 8.07. The maximum atomic E-state index is 12.6. The minimum Gasteiger partial charge on any atom is -0.392 e. The van der Waals surface area contributed by atoms with Gasteiger partial charge in [0.05, 0.1) is 17.6 Å². The maximum absolute atomic E-state index is 12.6. The van der Waals surface area contributed by atoms with Crippen LogP contribution in [0.4, 0.5) is 0 Å². The fourth-order valence-corrected chi connectivity index (χ4v) is 3.72. The number of rotatable bonds is 3. The van der Waals surface area contributed by atoms with Crippen molar-refractivity contribution >= 4 is 45.6 Å². The molecule has 7 heteroatoms. The summed E-state index contributed by atoms with van der Waals surface area (Å²) in [6.45, 7) is 7.03. The van der Waals surface area contributed by atoms with E-state index in [9.17, 15) is 9.90 Å². The normalized spacial score (nSPS) is 11.7. The van der Waals surface area contributed by atoms with Gasteiger partial charge in [0, 0.05) is 19.8 Å². The SMILES string of the molecule is CN(CC(C)(C)C)C(=O)c1cn2c(nc3ccc(CO)cc32)s1.Cl. The molecular formula is C17H22ClN3O2S. The van der Waals surface area contributed by atoms with Gasteiger partial charge in [0.1, 0.15) is 4.88 Å². The highest BCUT2D eigenvalue weighted by molar-refractivity contribution is 7.18. The summed E-state index contributed by atoms with van der Waals surface area (Å²) < 4.78 is 1.93. The predicted octanol–water partition coefficient (Wildman–Crippen LogP) is 3.58. The maximum Gasteiger partial charge on any atom is 0.265 e. The van der Waals surface area contributed by atoms with E-state index in [0.717, 1.165) is 21.6 Å². The van der Waals surface area contributed by atoms with Gasteiger partial charge in [-0.05, 0) is 23.1 Å². The summed E-state index contributed by atoms with van der Waals surface area (Å²) in [7, 11) is 1.83. The lowest BCUT2D eigenvalue weighted by atomic mass is 9.96. The summed E-state index contributed by atoms with van der Waals surface area (Å²) in [6, 6.07) is 5.67. The molecule has 130 valence electrons. The fourth-order valence-electron chi connectivity index (χ4n) is 2.72. The molecule has 0 radical (unpaired) electrons. The molecule has 3 aromatic rings. The molecule has 1 N–H and O–H groups in total. The number of thiazole rings is 1. The van der Waals surface area contributed by atoms with Crippen LogP contribution in [0.25, 0.3) is 16.0 Å². The zero-order chi connectivity index (χ0) is 16.8. The van der Waals surface area contributed by atoms with E-state index in [2.05, 4.69) is 25.8 Å². The van der Waals surface area contributed by atoms with E-state index >= 15 is 0 Å². The highest BCUT2D eigenvalue weighted by Gasteiger charge is 2.21. The largest absolute Gasteiger partial charge is 0.392 e. The number of amides is 1. The van der Waals surface area contributed by atoms with Crippen molar-refractivity contribution < 1.29 is 9.90 Å². The van der Waals surface area contributed by atoms with E-state index in [4.69, 9.17) is 0 Å². The first-order chi connectivity index (χ1) is 10.8. The number of hydrogen-bond donors (Lipinski definition) is 1. The van der Waals surface area contributed by atoms with Gasteiger partial charge in [-0.1, -0.05) is 38.2 Å². The van der Waals surface area contributed by atoms with Crippen molar-refractivity contribution in [2.45, 2.75) is 27.4 Å². The predicted molar refractivity (Wildman–Crippen MR) is 100 cm³/mol. The molecule has 0 aliphatic rings. The number of benzene rings is 1. The smallest absolute Gasteiger partial charge is 0.265 e. The molecule has 0 aliphatic heterocycles. The van der Waals surface area contributed by atoms with Crippen molar-refractivity contribution in [1.29, 1.82) is 0 Å². The van der Waals surface area contributed by atoms with Crippen molar-refractivity contribution in [3.8, 4) is 0 Å². The Labute approximate surface area is 151 Å². The van der Waals surface area contributed by atoms with Gasteiger partial charge >= 0.3 is 0 Å². The first-order valence-corrected chi connectivity index (χ1v) is 8.37. The van der Waals surface area contributed by atoms with Crippen LogP contribution in [0.5, 0.6) is 0 Å². The number of carbonyl (C=O) groups is 1. The molecule has 0 spiro atoms. The Morgan fingerprint density at radius 1 is 1.38 bits per heavy atom. The summed E-state index contributed by atoms with van der Waals surface area (Å²) in [4.78, 5) is 20.4. The molecular weight excluding hydrogens is 346 g/mol. The average molecular weight is 368 g/mol. The van der Waals surface area contributed by atoms with Gasteiger partial charge in [-0.15, -0.1) is 12.4 Å². The molecule has 3 rings (SSSR count). The molecule has 0 atom stereocenters. The fraction of sp³-hybridized carbons (Fsp3) is 0.412. The summed E-state index contributed by atoms with van der Waals surface area (Å²) in [5.74, 6) is 0.0156. The van der Waals surface area contributed by atoms with Crippen LogP contribution in [0, 0.1) is 5.41 Å². The van der Waals surface area contributed by atoms with Gasteiger partial charge in [0.15, 0.2) is 4.96 Å². The third kappa shape index (κ3) is 3.55. The van der Waals surface area contributed by atoms with Crippen molar-refractivity contribution in [2.75, 3.05) is 13.6 Å². The van der Waals surface area contributed by atoms with E-state index in [1.54, 1.807) is 4.90 Å². The van der Waals surface area contributed by atoms with Gasteiger partial charge in [-0.25, -0.2) is 4.98 Å². The Bertz CT molecular complexity index is 879. The van der Waals surface area contributed by atoms with Crippen molar-refractivity contribution in [3.05, 3.63) is 34.8 Å². The number of carbonyl (C=O) groups excluding carboxylic acids is 1. The highest BCUT2D eigenvalue weighted by Crippen LogP contribution is 2.26. The molecule has 2 heterocycles. The number of fused-ring (bicyclic) bond motifs is 3. The molecule has 1 amide bonds. The van der Waals surface area contributed by atoms with Gasteiger partial charge in [-0.3, -0.25) is 9.20 Å². The van der Waals surface area contributed by atoms with E-state index in [-0.39, 0.29) is 30.3 Å². The van der Waals surface area contributed by atoms with Gasteiger partial charge in [0.25, 0.3) is 5.91 Å². The van der Waals surface area contributed by atoms with Crippen LogP contribution in [0.1, 0.15) is 36.0 Å². The molecule has 0 bridgehead atoms. The van der Waals surface area contributed by atoms with Crippen molar-refractivity contribution in [3.63, 3.8) is 0 Å². The van der Waals surface area contributed by atoms with Crippen LogP contribution in [-0.4, -0.2) is 38.9 Å². The minimum atomic E-state index is -0.00653. The lowest BCUT2D eigenvalue weighted by Gasteiger charge is -2.26. The van der Waals surface area contributed by atoms with Crippen molar-refractivity contribution in [2.24, 2.45) is 5.41 Å². The van der Waals surface area contributed by atoms with Crippen molar-refractivity contribution in [1.82, 2.24) is 14.3 Å². The molecule has 0 unspecified atom stereocenters. The first kappa shape index (κ1) is 18.7. The Morgan fingerprint density at radius 3 is 2.71 bits per heavy atom. The molecule has 0 aliphatic carbocycles. The van der Waals surface area contributed by atoms with Crippen LogP contribution >= 0.6 is 23.7 Å². The molecule has 0 fully saturated rings. The molecule has 0 saturated carbocycles. The second kappa shape index (κ2) is 6.70. The highest BCUT2D eigenvalue weighted by atomic mass is 35.5. The van der Waals surface area contributed by atoms with Gasteiger partial charge in [-0.2, -0.15) is 0 Å². The molecule has 1 aromatic carbocycles. The third-order valence-electron chi connectivity index (χ3n) is 3.62. The second-order valence-electron chi connectivity index (χ2n) is 7.06. The topological polar surface area (TPSA) is 57.8 Å². The Hall–Kier alpha value is -1.63. The zero-order valence-corrected chi connectivity index (χ0v) is 15.9. The first-order valence-electron chi connectivity index (χ1n) is 7.55. The Balaban J connectivity index is 0.00000208. The number of hydrogen-bond acceptors (Lipinski definition) is 4. The monoisotopic (exact) mass is 367 g/mol. The molecule has 5 nitrogen and oxygen atoms in total. The standard InChI is InChI=1S/C17H21N3O2S.ClH/c1-17(2,3)10-19(4)15(22)14-8-20-13-7-11(9-21)5-6-12(13)18-16(20)23-14;/h5-8,21H,9-10H2,1-4H3;1H. The molecule has 2 aromatic heterocycles. The number of aromatic nitrogens is 2. The lowest BCUT2D eigenvalue weighted by Crippen LogP contribution is -2.34. The van der Waals surface area contributed by atoms with E-state index in [0.29, 0.717) is 11.4 Å². The number of nitrogens with zero attached hydrogens (tertiary/aromatic N) is 3. The number of aliphatic hydroxyl groups is 1. The number of imidazole rings is 1. The van der Waals surface area contributed by atoms with Crippen LogP contribution in [0.15, 0.2) is 24.4 Å². The van der Waals surface area contributed by atoms with Crippen LogP contribution in [-0.2, 0) is 6.61 Å².